The Morgan fingerprint density at radius 3 is 2.68 bits per heavy atom. The van der Waals surface area contributed by atoms with Gasteiger partial charge in [-0.1, -0.05) is 59.3 Å². The van der Waals surface area contributed by atoms with Gasteiger partial charge in [-0.05, 0) is 41.5 Å². The van der Waals surface area contributed by atoms with E-state index >= 15 is 0 Å². The van der Waals surface area contributed by atoms with E-state index in [9.17, 15) is 4.79 Å². The first kappa shape index (κ1) is 16.5. The van der Waals surface area contributed by atoms with E-state index in [4.69, 9.17) is 16.6 Å². The van der Waals surface area contributed by atoms with Crippen LogP contribution >= 0.6 is 34.3 Å². The van der Waals surface area contributed by atoms with Crippen molar-refractivity contribution in [3.05, 3.63) is 69.6 Å². The average Bonchev–Trinajstić information content (AvgIpc) is 3.39. The zero-order chi connectivity index (χ0) is 18.8. The Kier molecular flexibility index (Phi) is 3.54. The van der Waals surface area contributed by atoms with Crippen molar-refractivity contribution in [2.45, 2.75) is 12.8 Å². The van der Waals surface area contributed by atoms with Crippen molar-refractivity contribution in [3.8, 4) is 0 Å². The maximum Gasteiger partial charge on any atom is 0.269 e. The van der Waals surface area contributed by atoms with E-state index in [1.54, 1.807) is 0 Å². The summed E-state index contributed by atoms with van der Waals surface area (Å²) in [6, 6.07) is 16.4. The Bertz CT molecular complexity index is 1430. The van der Waals surface area contributed by atoms with Crippen molar-refractivity contribution in [3.63, 3.8) is 0 Å². The molecule has 3 nitrogen and oxygen atoms in total. The minimum absolute atomic E-state index is 0.206. The number of anilines is 1. The highest BCUT2D eigenvalue weighted by Crippen LogP contribution is 2.40. The van der Waals surface area contributed by atoms with E-state index in [-0.39, 0.29) is 5.91 Å². The lowest BCUT2D eigenvalue weighted by Gasteiger charge is -2.02. The second-order valence-corrected chi connectivity index (χ2v) is 9.40. The normalized spacial score (nSPS) is 13.0. The van der Waals surface area contributed by atoms with Gasteiger partial charge in [0.2, 0.25) is 0 Å². The van der Waals surface area contributed by atoms with Crippen LogP contribution in [0.25, 0.3) is 31.1 Å². The molecule has 1 N–H and O–H groups in total. The number of hydrogen-bond donors (Lipinski definition) is 1. The number of carbonyl (C=O) groups excluding carboxylic acids is 1. The zero-order valence-corrected chi connectivity index (χ0v) is 17.0. The number of nitrogens with zero attached hydrogens (tertiary/aromatic N) is 1. The van der Waals surface area contributed by atoms with Crippen molar-refractivity contribution in [2.75, 3.05) is 5.32 Å². The van der Waals surface area contributed by atoms with Gasteiger partial charge in [-0.3, -0.25) is 10.1 Å². The van der Waals surface area contributed by atoms with Crippen LogP contribution in [0.1, 0.15) is 20.8 Å². The predicted octanol–water partition coefficient (Wildman–Crippen LogP) is 6.67. The van der Waals surface area contributed by atoms with Gasteiger partial charge in [0, 0.05) is 15.5 Å². The molecule has 0 atom stereocenters. The fraction of sp³-hybridized carbons (Fsp3) is 0.0909. The lowest BCUT2D eigenvalue weighted by molar-refractivity contribution is 0.103. The number of thiazole rings is 1. The fourth-order valence-corrected chi connectivity index (χ4v) is 6.43. The van der Waals surface area contributed by atoms with Crippen LogP contribution in [0.15, 0.2) is 48.5 Å². The summed E-state index contributed by atoms with van der Waals surface area (Å²) in [6.07, 6.45) is 2.17. The van der Waals surface area contributed by atoms with E-state index in [1.165, 1.54) is 44.6 Å². The molecule has 1 aliphatic rings. The van der Waals surface area contributed by atoms with Crippen molar-refractivity contribution >= 4 is 76.4 Å². The molecule has 5 aromatic rings. The minimum Gasteiger partial charge on any atom is -0.297 e. The highest BCUT2D eigenvalue weighted by molar-refractivity contribution is 7.23. The second-order valence-electron chi connectivity index (χ2n) is 6.94. The van der Waals surface area contributed by atoms with Gasteiger partial charge in [0.05, 0.1) is 15.2 Å². The summed E-state index contributed by atoms with van der Waals surface area (Å²) in [5, 5.41) is 7.50. The van der Waals surface area contributed by atoms with Gasteiger partial charge in [0.1, 0.15) is 4.88 Å². The first-order valence-electron chi connectivity index (χ1n) is 9.01. The van der Waals surface area contributed by atoms with E-state index < -0.39 is 0 Å². The molecule has 0 bridgehead atoms. The summed E-state index contributed by atoms with van der Waals surface area (Å²) in [5.41, 5.74) is 3.74. The van der Waals surface area contributed by atoms with Crippen LogP contribution in [0.5, 0.6) is 0 Å². The SMILES string of the molecule is O=C(Nc1nc2c(cc3c4c(cccc42)CC3)s1)c1sc2ccccc2c1Cl. The lowest BCUT2D eigenvalue weighted by atomic mass is 10.0. The lowest BCUT2D eigenvalue weighted by Crippen LogP contribution is -2.10. The molecule has 0 unspecified atom stereocenters. The van der Waals surface area contributed by atoms with Crippen molar-refractivity contribution in [1.82, 2.24) is 4.98 Å². The zero-order valence-electron chi connectivity index (χ0n) is 14.6. The van der Waals surface area contributed by atoms with Crippen LogP contribution in [0.2, 0.25) is 5.02 Å². The summed E-state index contributed by atoms with van der Waals surface area (Å²) in [7, 11) is 0. The fourth-order valence-electron chi connectivity index (χ4n) is 4.07. The predicted molar refractivity (Wildman–Crippen MR) is 119 cm³/mol. The highest BCUT2D eigenvalue weighted by atomic mass is 35.5. The Morgan fingerprint density at radius 1 is 0.964 bits per heavy atom. The molecule has 2 heterocycles. The molecular formula is C22H13ClN2OS2. The molecule has 28 heavy (non-hydrogen) atoms. The standard InChI is InChI=1S/C22H13ClN2OS2/c23-18-13-5-1-2-7-15(13)27-20(18)21(26)25-22-24-19-14-6-3-4-11-8-9-12(17(11)14)10-16(19)28-22/h1-7,10H,8-9H2,(H,24,25,26). The van der Waals surface area contributed by atoms with Gasteiger partial charge in [-0.15, -0.1) is 11.3 Å². The van der Waals surface area contributed by atoms with Crippen LogP contribution < -0.4 is 5.32 Å². The topological polar surface area (TPSA) is 42.0 Å². The monoisotopic (exact) mass is 420 g/mol. The summed E-state index contributed by atoms with van der Waals surface area (Å²) < 4.78 is 2.12. The van der Waals surface area contributed by atoms with Crippen LogP contribution in [0, 0.1) is 0 Å². The summed E-state index contributed by atoms with van der Waals surface area (Å²) in [4.78, 5) is 18.1. The molecule has 136 valence electrons. The molecule has 1 aliphatic carbocycles. The summed E-state index contributed by atoms with van der Waals surface area (Å²) >= 11 is 9.38. The molecule has 3 aromatic carbocycles. The van der Waals surface area contributed by atoms with Crippen LogP contribution in [0.4, 0.5) is 5.13 Å². The molecular weight excluding hydrogens is 408 g/mol. The number of benzene rings is 3. The quantitative estimate of drug-likeness (QED) is 0.346. The number of rotatable bonds is 2. The number of amides is 1. The molecule has 0 saturated carbocycles. The third-order valence-corrected chi connectivity index (χ3v) is 7.90. The molecule has 0 radical (unpaired) electrons. The van der Waals surface area contributed by atoms with E-state index in [0.717, 1.165) is 33.1 Å². The number of thiophene rings is 1. The number of fused-ring (bicyclic) bond motifs is 3. The van der Waals surface area contributed by atoms with Crippen LogP contribution in [-0.4, -0.2) is 10.9 Å². The Morgan fingerprint density at radius 2 is 1.79 bits per heavy atom. The van der Waals surface area contributed by atoms with E-state index in [2.05, 4.69) is 29.6 Å². The smallest absolute Gasteiger partial charge is 0.269 e. The average molecular weight is 421 g/mol. The first-order chi connectivity index (χ1) is 13.7. The van der Waals surface area contributed by atoms with Gasteiger partial charge in [0.25, 0.3) is 5.91 Å². The minimum atomic E-state index is -0.206. The Hall–Kier alpha value is -2.47. The van der Waals surface area contributed by atoms with Crippen LogP contribution in [0.3, 0.4) is 0 Å². The maximum atomic E-state index is 12.9. The van der Waals surface area contributed by atoms with Crippen molar-refractivity contribution in [2.24, 2.45) is 0 Å². The van der Waals surface area contributed by atoms with E-state index in [0.29, 0.717) is 15.0 Å². The number of nitrogens with one attached hydrogen (secondary N) is 1. The van der Waals surface area contributed by atoms with Gasteiger partial charge in [-0.25, -0.2) is 4.98 Å². The summed E-state index contributed by atoms with van der Waals surface area (Å²) in [5.74, 6) is -0.206. The molecule has 0 aliphatic heterocycles. The van der Waals surface area contributed by atoms with Crippen LogP contribution in [-0.2, 0) is 12.8 Å². The summed E-state index contributed by atoms with van der Waals surface area (Å²) in [6.45, 7) is 0. The largest absolute Gasteiger partial charge is 0.297 e. The third kappa shape index (κ3) is 2.33. The van der Waals surface area contributed by atoms with Gasteiger partial charge >= 0.3 is 0 Å². The second kappa shape index (κ2) is 6.01. The van der Waals surface area contributed by atoms with Gasteiger partial charge in [0.15, 0.2) is 5.13 Å². The van der Waals surface area contributed by atoms with E-state index in [1.807, 2.05) is 24.3 Å². The molecule has 2 aromatic heterocycles. The number of aryl methyl sites for hydroxylation is 2. The number of halogens is 1. The molecule has 1 amide bonds. The number of hydrogen-bond acceptors (Lipinski definition) is 4. The first-order valence-corrected chi connectivity index (χ1v) is 11.0. The van der Waals surface area contributed by atoms with Crippen molar-refractivity contribution in [1.29, 1.82) is 0 Å². The molecule has 0 saturated heterocycles. The third-order valence-electron chi connectivity index (χ3n) is 5.31. The Balaban J connectivity index is 1.43. The molecule has 6 rings (SSSR count). The highest BCUT2D eigenvalue weighted by Gasteiger charge is 2.21. The molecule has 6 heteroatoms. The Labute approximate surface area is 173 Å². The number of aromatic nitrogens is 1. The maximum absolute atomic E-state index is 12.9. The van der Waals surface area contributed by atoms with Crippen molar-refractivity contribution < 1.29 is 4.79 Å². The number of carbonyl (C=O) groups is 1. The molecule has 0 fully saturated rings. The van der Waals surface area contributed by atoms with Gasteiger partial charge in [-0.2, -0.15) is 0 Å². The molecule has 0 spiro atoms. The van der Waals surface area contributed by atoms with Gasteiger partial charge < -0.3 is 0 Å².